The van der Waals surface area contributed by atoms with Gasteiger partial charge in [-0.3, -0.25) is 9.69 Å². The van der Waals surface area contributed by atoms with E-state index in [1.54, 1.807) is 25.1 Å². The minimum absolute atomic E-state index is 0.0556. The number of nitrogens with zero attached hydrogens (tertiary/aromatic N) is 3. The van der Waals surface area contributed by atoms with Crippen molar-refractivity contribution in [3.8, 4) is 5.75 Å². The quantitative estimate of drug-likeness (QED) is 0.628. The number of ether oxygens (including phenoxy) is 1. The van der Waals surface area contributed by atoms with Gasteiger partial charge in [-0.2, -0.15) is 0 Å². The summed E-state index contributed by atoms with van der Waals surface area (Å²) in [6, 6.07) is 3.79. The summed E-state index contributed by atoms with van der Waals surface area (Å²) in [4.78, 5) is 22.8. The number of halogens is 3. The number of nitrogens with one attached hydrogen (secondary N) is 1. The molecule has 1 amide bonds. The van der Waals surface area contributed by atoms with Crippen LogP contribution < -0.4 is 10.1 Å². The van der Waals surface area contributed by atoms with Crippen LogP contribution in [-0.2, 0) is 6.61 Å². The van der Waals surface area contributed by atoms with Crippen LogP contribution in [-0.4, -0.2) is 41.5 Å². The lowest BCUT2D eigenvalue weighted by Crippen LogP contribution is -2.34. The molecule has 1 aromatic carbocycles. The van der Waals surface area contributed by atoms with Gasteiger partial charge in [0, 0.05) is 6.20 Å². The molecule has 142 valence electrons. The average Bonchev–Trinajstić information content (AvgIpc) is 3.01. The lowest BCUT2D eigenvalue weighted by Gasteiger charge is -2.13. The molecule has 1 N–H and O–H groups in total. The monoisotopic (exact) mass is 412 g/mol. The number of fused-ring (bicyclic) bond motifs is 1. The van der Waals surface area contributed by atoms with Crippen LogP contribution in [0.5, 0.6) is 5.75 Å². The van der Waals surface area contributed by atoms with Gasteiger partial charge in [0.1, 0.15) is 33.3 Å². The number of carbonyl (C=O) groups is 1. The third-order valence-electron chi connectivity index (χ3n) is 3.45. The molecule has 2 aromatic heterocycles. The van der Waals surface area contributed by atoms with Crippen molar-refractivity contribution in [1.82, 2.24) is 20.2 Å². The molecule has 10 heteroatoms. The Labute approximate surface area is 162 Å². The van der Waals surface area contributed by atoms with Crippen molar-refractivity contribution in [1.29, 1.82) is 0 Å². The summed E-state index contributed by atoms with van der Waals surface area (Å²) in [6.45, 7) is 0.0873. The molecule has 0 aliphatic heterocycles. The van der Waals surface area contributed by atoms with Crippen LogP contribution in [0.15, 0.2) is 24.4 Å². The molecule has 0 aliphatic rings. The molecule has 0 atom stereocenters. The van der Waals surface area contributed by atoms with Crippen molar-refractivity contribution in [3.05, 3.63) is 51.6 Å². The second-order valence-electron chi connectivity index (χ2n) is 5.85. The highest BCUT2D eigenvalue weighted by Crippen LogP contribution is 2.27. The first-order chi connectivity index (χ1) is 12.8. The standard InChI is InChI=1S/C17H15ClF2N4O2S/c1-24(2)8-22-16(25)14-10(19)3-4-12(15(14)20)26-7-13-23-11-5-9(18)6-21-17(11)27-13/h3-6H,7-8H2,1-2H3,(H,22,25). The Kier molecular flexibility index (Phi) is 5.83. The summed E-state index contributed by atoms with van der Waals surface area (Å²) in [7, 11) is 3.43. The Morgan fingerprint density at radius 2 is 2.15 bits per heavy atom. The lowest BCUT2D eigenvalue weighted by atomic mass is 10.1. The maximum absolute atomic E-state index is 14.6. The first-order valence-electron chi connectivity index (χ1n) is 7.80. The molecule has 6 nitrogen and oxygen atoms in total. The highest BCUT2D eigenvalue weighted by molar-refractivity contribution is 7.18. The molecule has 0 radical (unpaired) electrons. The molecule has 0 saturated heterocycles. The van der Waals surface area contributed by atoms with Gasteiger partial charge in [0.2, 0.25) is 0 Å². The van der Waals surface area contributed by atoms with Gasteiger partial charge in [-0.15, -0.1) is 0 Å². The van der Waals surface area contributed by atoms with Crippen molar-refractivity contribution in [2.24, 2.45) is 0 Å². The van der Waals surface area contributed by atoms with E-state index in [0.29, 0.717) is 20.4 Å². The molecular weight excluding hydrogens is 398 g/mol. The SMILES string of the molecule is CN(C)CNC(=O)c1c(F)ccc(OCc2nc3cc(Cl)cnc3s2)c1F. The largest absolute Gasteiger partial charge is 0.483 e. The van der Waals surface area contributed by atoms with E-state index in [1.165, 1.54) is 17.5 Å². The molecule has 3 aromatic rings. The Hall–Kier alpha value is -2.36. The highest BCUT2D eigenvalue weighted by Gasteiger charge is 2.21. The zero-order valence-corrected chi connectivity index (χ0v) is 16.0. The summed E-state index contributed by atoms with van der Waals surface area (Å²) < 4.78 is 33.9. The fourth-order valence-corrected chi connectivity index (χ4v) is 3.17. The first kappa shape index (κ1) is 19.4. The van der Waals surface area contributed by atoms with Gasteiger partial charge in [-0.1, -0.05) is 22.9 Å². The van der Waals surface area contributed by atoms with Crippen LogP contribution >= 0.6 is 22.9 Å². The predicted molar refractivity (Wildman–Crippen MR) is 99.1 cm³/mol. The van der Waals surface area contributed by atoms with Crippen molar-refractivity contribution in [3.63, 3.8) is 0 Å². The summed E-state index contributed by atoms with van der Waals surface area (Å²) in [5.41, 5.74) is -0.0819. The molecular formula is C17H15ClF2N4O2S. The van der Waals surface area contributed by atoms with Crippen LogP contribution in [0, 0.1) is 11.6 Å². The van der Waals surface area contributed by atoms with Crippen LogP contribution in [0.25, 0.3) is 10.3 Å². The van der Waals surface area contributed by atoms with Crippen LogP contribution in [0.4, 0.5) is 8.78 Å². The fourth-order valence-electron chi connectivity index (χ4n) is 2.22. The van der Waals surface area contributed by atoms with E-state index in [4.69, 9.17) is 16.3 Å². The van der Waals surface area contributed by atoms with E-state index >= 15 is 0 Å². The third kappa shape index (κ3) is 4.49. The number of aromatic nitrogens is 2. The number of hydrogen-bond acceptors (Lipinski definition) is 6. The Bertz CT molecular complexity index is 996. The summed E-state index contributed by atoms with van der Waals surface area (Å²) >= 11 is 7.14. The molecule has 3 rings (SSSR count). The average molecular weight is 413 g/mol. The zero-order chi connectivity index (χ0) is 19.6. The van der Waals surface area contributed by atoms with Crippen molar-refractivity contribution in [2.75, 3.05) is 20.8 Å². The summed E-state index contributed by atoms with van der Waals surface area (Å²) in [5, 5.41) is 3.42. The molecule has 0 saturated carbocycles. The molecule has 0 bridgehead atoms. The summed E-state index contributed by atoms with van der Waals surface area (Å²) in [5.74, 6) is -3.12. The van der Waals surface area contributed by atoms with Crippen LogP contribution in [0.2, 0.25) is 5.02 Å². The van der Waals surface area contributed by atoms with Gasteiger partial charge in [0.25, 0.3) is 5.91 Å². The van der Waals surface area contributed by atoms with E-state index in [9.17, 15) is 13.6 Å². The molecule has 27 heavy (non-hydrogen) atoms. The number of carbonyl (C=O) groups excluding carboxylic acids is 1. The maximum Gasteiger partial charge on any atom is 0.258 e. The van der Waals surface area contributed by atoms with Gasteiger partial charge in [-0.05, 0) is 32.3 Å². The number of hydrogen-bond donors (Lipinski definition) is 1. The van der Waals surface area contributed by atoms with Gasteiger partial charge in [-0.25, -0.2) is 18.7 Å². The number of pyridine rings is 1. The smallest absolute Gasteiger partial charge is 0.258 e. The molecule has 0 aliphatic carbocycles. The number of thiazole rings is 1. The predicted octanol–water partition coefficient (Wildman–Crippen LogP) is 3.45. The van der Waals surface area contributed by atoms with E-state index in [1.807, 2.05) is 0 Å². The van der Waals surface area contributed by atoms with Crippen LogP contribution in [0.1, 0.15) is 15.4 Å². The van der Waals surface area contributed by atoms with Crippen molar-refractivity contribution < 1.29 is 18.3 Å². The number of benzene rings is 1. The maximum atomic E-state index is 14.6. The zero-order valence-electron chi connectivity index (χ0n) is 14.4. The topological polar surface area (TPSA) is 67.4 Å². The number of amides is 1. The Morgan fingerprint density at radius 1 is 1.37 bits per heavy atom. The van der Waals surface area contributed by atoms with Crippen molar-refractivity contribution in [2.45, 2.75) is 6.61 Å². The molecule has 2 heterocycles. The van der Waals surface area contributed by atoms with E-state index < -0.39 is 23.1 Å². The third-order valence-corrected chi connectivity index (χ3v) is 4.61. The fraction of sp³-hybridized carbons (Fsp3) is 0.235. The van der Waals surface area contributed by atoms with Crippen molar-refractivity contribution >= 4 is 39.2 Å². The van der Waals surface area contributed by atoms with E-state index in [-0.39, 0.29) is 19.0 Å². The minimum atomic E-state index is -1.06. The molecule has 0 fully saturated rings. The van der Waals surface area contributed by atoms with Gasteiger partial charge in [0.15, 0.2) is 11.6 Å². The second kappa shape index (κ2) is 8.12. The van der Waals surface area contributed by atoms with Gasteiger partial charge < -0.3 is 10.1 Å². The normalized spacial score (nSPS) is 11.2. The second-order valence-corrected chi connectivity index (χ2v) is 7.35. The summed E-state index contributed by atoms with van der Waals surface area (Å²) in [6.07, 6.45) is 1.50. The first-order valence-corrected chi connectivity index (χ1v) is 8.99. The van der Waals surface area contributed by atoms with Gasteiger partial charge >= 0.3 is 0 Å². The molecule has 0 unspecified atom stereocenters. The van der Waals surface area contributed by atoms with Gasteiger partial charge in [0.05, 0.1) is 11.7 Å². The lowest BCUT2D eigenvalue weighted by molar-refractivity contribution is 0.0925. The number of rotatable bonds is 6. The van der Waals surface area contributed by atoms with Crippen LogP contribution in [0.3, 0.4) is 0 Å². The minimum Gasteiger partial charge on any atom is -0.483 e. The Morgan fingerprint density at radius 3 is 2.89 bits per heavy atom. The van der Waals surface area contributed by atoms with E-state index in [0.717, 1.165) is 12.1 Å². The van der Waals surface area contributed by atoms with E-state index in [2.05, 4.69) is 15.3 Å². The highest BCUT2D eigenvalue weighted by atomic mass is 35.5. The Balaban J connectivity index is 1.78. The molecule has 0 spiro atoms.